The predicted molar refractivity (Wildman–Crippen MR) is 71.9 cm³/mol. The molecule has 4 saturated heterocycles. The van der Waals surface area contributed by atoms with Gasteiger partial charge in [0.25, 0.3) is 5.91 Å². The highest BCUT2D eigenvalue weighted by Gasteiger charge is 2.63. The number of hydrogen-bond donors (Lipinski definition) is 1. The molecule has 20 heavy (non-hydrogen) atoms. The van der Waals surface area contributed by atoms with Gasteiger partial charge in [-0.1, -0.05) is 18.2 Å². The number of carbonyl (C=O) groups excluding carboxylic acids is 2. The Morgan fingerprint density at radius 1 is 1.25 bits per heavy atom. The summed E-state index contributed by atoms with van der Waals surface area (Å²) in [7, 11) is 0. The van der Waals surface area contributed by atoms with Crippen LogP contribution in [0, 0.1) is 5.92 Å². The number of rotatable bonds is 1. The summed E-state index contributed by atoms with van der Waals surface area (Å²) in [6, 6.07) is 8.97. The van der Waals surface area contributed by atoms with Crippen molar-refractivity contribution in [2.24, 2.45) is 5.92 Å². The van der Waals surface area contributed by atoms with Gasteiger partial charge in [0.1, 0.15) is 6.04 Å². The smallest absolute Gasteiger partial charge is 0.281 e. The Labute approximate surface area is 116 Å². The number of hydrogen-bond acceptors (Lipinski definition) is 3. The lowest BCUT2D eigenvalue weighted by molar-refractivity contribution is -0.193. The van der Waals surface area contributed by atoms with Gasteiger partial charge in [0, 0.05) is 11.6 Å². The van der Waals surface area contributed by atoms with Gasteiger partial charge in [-0.2, -0.15) is 0 Å². The molecule has 4 aliphatic heterocycles. The number of anilines is 1. The number of piperidine rings is 2. The second-order valence-corrected chi connectivity index (χ2v) is 5.67. The van der Waals surface area contributed by atoms with E-state index in [1.54, 1.807) is 4.90 Å². The van der Waals surface area contributed by atoms with Crippen LogP contribution in [0.25, 0.3) is 0 Å². The van der Waals surface area contributed by atoms with Crippen molar-refractivity contribution in [1.82, 2.24) is 5.32 Å². The van der Waals surface area contributed by atoms with E-state index in [9.17, 15) is 9.59 Å². The number of nitrogens with zero attached hydrogens (tertiary/aromatic N) is 1. The van der Waals surface area contributed by atoms with Gasteiger partial charge in [-0.05, 0) is 31.4 Å². The lowest BCUT2D eigenvalue weighted by Crippen LogP contribution is -2.79. The van der Waals surface area contributed by atoms with Gasteiger partial charge < -0.3 is 10.1 Å². The van der Waals surface area contributed by atoms with Gasteiger partial charge in [0.15, 0.2) is 0 Å². The van der Waals surface area contributed by atoms with Crippen molar-refractivity contribution in [3.63, 3.8) is 0 Å². The van der Waals surface area contributed by atoms with Crippen LogP contribution in [0.1, 0.15) is 19.3 Å². The molecule has 0 radical (unpaired) electrons. The van der Waals surface area contributed by atoms with Crippen LogP contribution in [0.3, 0.4) is 0 Å². The minimum Gasteiger partial charge on any atom is -0.347 e. The third kappa shape index (κ3) is 1.41. The number of ether oxygens (including phenoxy) is 1. The van der Waals surface area contributed by atoms with E-state index in [4.69, 9.17) is 4.74 Å². The van der Waals surface area contributed by atoms with Gasteiger partial charge in [-0.15, -0.1) is 0 Å². The quantitative estimate of drug-likeness (QED) is 0.831. The highest BCUT2D eigenvalue weighted by atomic mass is 16.5. The van der Waals surface area contributed by atoms with Crippen LogP contribution in [0.2, 0.25) is 0 Å². The molecule has 1 aromatic carbocycles. The van der Waals surface area contributed by atoms with E-state index in [1.807, 2.05) is 30.3 Å². The first-order valence-corrected chi connectivity index (χ1v) is 7.07. The van der Waals surface area contributed by atoms with Crippen molar-refractivity contribution < 1.29 is 14.3 Å². The molecule has 5 rings (SSSR count). The van der Waals surface area contributed by atoms with Crippen molar-refractivity contribution in [2.75, 3.05) is 11.5 Å². The summed E-state index contributed by atoms with van der Waals surface area (Å²) in [5.41, 5.74) is -0.357. The molecule has 3 atom stereocenters. The topological polar surface area (TPSA) is 58.6 Å². The monoisotopic (exact) mass is 272 g/mol. The molecule has 0 aromatic heterocycles. The number of carbonyl (C=O) groups is 2. The Morgan fingerprint density at radius 3 is 2.85 bits per heavy atom. The maximum Gasteiger partial charge on any atom is 0.281 e. The fourth-order valence-corrected chi connectivity index (χ4v) is 3.67. The Bertz CT molecular complexity index is 574. The van der Waals surface area contributed by atoms with Crippen molar-refractivity contribution in [3.05, 3.63) is 30.3 Å². The summed E-state index contributed by atoms with van der Waals surface area (Å²) < 4.78 is 5.77. The largest absolute Gasteiger partial charge is 0.347 e. The molecule has 2 bridgehead atoms. The van der Waals surface area contributed by atoms with E-state index in [2.05, 4.69) is 5.32 Å². The summed E-state index contributed by atoms with van der Waals surface area (Å²) in [6.45, 7) is 0.524. The zero-order valence-electron chi connectivity index (χ0n) is 11.0. The number of benzene rings is 1. The van der Waals surface area contributed by atoms with E-state index in [1.165, 1.54) is 0 Å². The van der Waals surface area contributed by atoms with Crippen LogP contribution < -0.4 is 10.2 Å². The molecular weight excluding hydrogens is 256 g/mol. The van der Waals surface area contributed by atoms with Crippen molar-refractivity contribution in [2.45, 2.75) is 31.0 Å². The summed E-state index contributed by atoms with van der Waals surface area (Å²) >= 11 is 0. The van der Waals surface area contributed by atoms with E-state index < -0.39 is 11.8 Å². The first-order valence-electron chi connectivity index (χ1n) is 7.07. The van der Waals surface area contributed by atoms with Crippen molar-refractivity contribution >= 4 is 17.5 Å². The van der Waals surface area contributed by atoms with Crippen molar-refractivity contribution in [1.29, 1.82) is 0 Å². The third-order valence-electron chi connectivity index (χ3n) is 4.60. The first-order chi connectivity index (χ1) is 9.72. The Kier molecular flexibility index (Phi) is 2.41. The summed E-state index contributed by atoms with van der Waals surface area (Å²) in [5, 5.41) is 2.83. The van der Waals surface area contributed by atoms with Crippen LogP contribution in [0.5, 0.6) is 0 Å². The molecule has 1 spiro atoms. The molecule has 0 aliphatic carbocycles. The molecule has 4 heterocycles. The Morgan fingerprint density at radius 2 is 2.05 bits per heavy atom. The van der Waals surface area contributed by atoms with Crippen LogP contribution >= 0.6 is 0 Å². The van der Waals surface area contributed by atoms with E-state index in [0.29, 0.717) is 13.0 Å². The van der Waals surface area contributed by atoms with E-state index >= 15 is 0 Å². The Hall–Kier alpha value is -1.88. The molecule has 5 heteroatoms. The molecule has 104 valence electrons. The number of piperazine rings is 1. The maximum atomic E-state index is 12.9. The van der Waals surface area contributed by atoms with Crippen molar-refractivity contribution in [3.8, 4) is 0 Å². The average Bonchev–Trinajstić information content (AvgIpc) is 2.48. The van der Waals surface area contributed by atoms with E-state index in [-0.39, 0.29) is 17.7 Å². The fraction of sp³-hybridized carbons (Fsp3) is 0.467. The first kappa shape index (κ1) is 11.9. The second kappa shape index (κ2) is 4.06. The molecule has 2 amide bonds. The van der Waals surface area contributed by atoms with Gasteiger partial charge in [0.05, 0.1) is 6.61 Å². The lowest BCUT2D eigenvalue weighted by Gasteiger charge is -2.56. The highest BCUT2D eigenvalue weighted by Crippen LogP contribution is 2.44. The average molecular weight is 272 g/mol. The third-order valence-corrected chi connectivity index (χ3v) is 4.60. The number of nitrogens with one attached hydrogen (secondary N) is 1. The van der Waals surface area contributed by atoms with Gasteiger partial charge in [-0.3, -0.25) is 14.5 Å². The SMILES string of the molecule is O=C1N[C@]23OCCC[C@@H]2C[C@H]1N(c1ccccc1)C3=O. The second-order valence-electron chi connectivity index (χ2n) is 5.67. The predicted octanol–water partition coefficient (Wildman–Crippen LogP) is 1.04. The van der Waals surface area contributed by atoms with Crippen LogP contribution in [0.4, 0.5) is 5.69 Å². The summed E-state index contributed by atoms with van der Waals surface area (Å²) in [6.07, 6.45) is 2.57. The summed E-state index contributed by atoms with van der Waals surface area (Å²) in [5.74, 6) is -0.123. The molecule has 0 unspecified atom stereocenters. The van der Waals surface area contributed by atoms with Gasteiger partial charge >= 0.3 is 0 Å². The number of amides is 2. The fourth-order valence-electron chi connectivity index (χ4n) is 3.67. The number of para-hydroxylation sites is 1. The zero-order chi connectivity index (χ0) is 13.7. The molecule has 0 saturated carbocycles. The maximum absolute atomic E-state index is 12.9. The zero-order valence-corrected chi connectivity index (χ0v) is 11.0. The Balaban J connectivity index is 1.80. The van der Waals surface area contributed by atoms with E-state index in [0.717, 1.165) is 18.5 Å². The van der Waals surface area contributed by atoms with Gasteiger partial charge in [-0.25, -0.2) is 0 Å². The minimum atomic E-state index is -1.13. The van der Waals surface area contributed by atoms with Crippen LogP contribution in [-0.2, 0) is 14.3 Å². The highest BCUT2D eigenvalue weighted by molar-refractivity contribution is 6.11. The molecular formula is C15H16N2O3. The lowest BCUT2D eigenvalue weighted by atomic mass is 9.74. The molecule has 5 nitrogen and oxygen atoms in total. The van der Waals surface area contributed by atoms with Crippen LogP contribution in [0.15, 0.2) is 30.3 Å². The summed E-state index contributed by atoms with van der Waals surface area (Å²) in [4.78, 5) is 26.7. The molecule has 4 fully saturated rings. The molecule has 4 aliphatic rings. The van der Waals surface area contributed by atoms with Crippen LogP contribution in [-0.4, -0.2) is 30.2 Å². The number of fused-ring (bicyclic) bond motifs is 2. The molecule has 1 N–H and O–H groups in total. The standard InChI is InChI=1S/C15H16N2O3/c18-13-12-9-10-5-4-8-20-15(10,16-13)14(19)17(12)11-6-2-1-3-7-11/h1-3,6-7,10,12H,4-5,8-9H2,(H,16,18)/t10-,12-,15+/m1/s1. The minimum absolute atomic E-state index is 0.103. The normalized spacial score (nSPS) is 35.7. The molecule has 1 aromatic rings. The van der Waals surface area contributed by atoms with Gasteiger partial charge in [0.2, 0.25) is 11.6 Å².